The minimum atomic E-state index is -2.63. The van der Waals surface area contributed by atoms with Crippen molar-refractivity contribution in [1.82, 2.24) is 24.4 Å². The van der Waals surface area contributed by atoms with Crippen molar-refractivity contribution in [2.75, 3.05) is 11.4 Å². The molecule has 5 rings (SSSR count). The van der Waals surface area contributed by atoms with Gasteiger partial charge < -0.3 is 4.90 Å². The quantitative estimate of drug-likeness (QED) is 0.461. The van der Waals surface area contributed by atoms with Crippen LogP contribution in [0.3, 0.4) is 0 Å². The molecule has 0 N–H and O–H groups in total. The van der Waals surface area contributed by atoms with Crippen LogP contribution < -0.4 is 4.90 Å². The Morgan fingerprint density at radius 3 is 2.73 bits per heavy atom. The Kier molecular flexibility index (Phi) is 4.41. The average Bonchev–Trinajstić information content (AvgIpc) is 3.47. The zero-order valence-electron chi connectivity index (χ0n) is 15.6. The molecule has 10 heteroatoms. The predicted molar refractivity (Wildman–Crippen MR) is 101 cm³/mol. The maximum atomic E-state index is 14.4. The number of aromatic nitrogens is 5. The highest BCUT2D eigenvalue weighted by molar-refractivity contribution is 5.61. The molecule has 0 radical (unpaired) electrons. The summed E-state index contributed by atoms with van der Waals surface area (Å²) < 4.78 is 56.7. The van der Waals surface area contributed by atoms with Crippen molar-refractivity contribution in [1.29, 1.82) is 0 Å². The normalized spacial score (nSPS) is 16.8. The van der Waals surface area contributed by atoms with E-state index in [1.807, 2.05) is 4.90 Å². The highest BCUT2D eigenvalue weighted by atomic mass is 19.3. The fourth-order valence-corrected chi connectivity index (χ4v) is 3.88. The van der Waals surface area contributed by atoms with Crippen LogP contribution in [0.5, 0.6) is 0 Å². The van der Waals surface area contributed by atoms with Gasteiger partial charge in [-0.05, 0) is 37.1 Å². The Morgan fingerprint density at radius 2 is 1.93 bits per heavy atom. The van der Waals surface area contributed by atoms with Gasteiger partial charge in [0.1, 0.15) is 23.1 Å². The van der Waals surface area contributed by atoms with E-state index in [0.29, 0.717) is 30.1 Å². The number of benzene rings is 1. The number of nitrogens with zero attached hydrogens (tertiary/aromatic N) is 6. The van der Waals surface area contributed by atoms with Gasteiger partial charge in [-0.25, -0.2) is 31.7 Å². The van der Waals surface area contributed by atoms with Crippen LogP contribution in [0.1, 0.15) is 36.4 Å². The first-order valence-corrected chi connectivity index (χ1v) is 9.40. The monoisotopic (exact) mass is 416 g/mol. The zero-order chi connectivity index (χ0) is 20.8. The van der Waals surface area contributed by atoms with Crippen LogP contribution in [0.15, 0.2) is 49.1 Å². The van der Waals surface area contributed by atoms with Crippen LogP contribution >= 0.6 is 0 Å². The predicted octanol–water partition coefficient (Wildman–Crippen LogP) is 4.47. The summed E-state index contributed by atoms with van der Waals surface area (Å²) in [4.78, 5) is 6.56. The highest BCUT2D eigenvalue weighted by Gasteiger charge is 2.30. The lowest BCUT2D eigenvalue weighted by molar-refractivity contribution is 0.151. The molecule has 0 saturated carbocycles. The van der Waals surface area contributed by atoms with E-state index in [2.05, 4.69) is 15.2 Å². The van der Waals surface area contributed by atoms with Crippen LogP contribution in [0.4, 0.5) is 23.4 Å². The first-order chi connectivity index (χ1) is 14.5. The molecule has 6 nitrogen and oxygen atoms in total. The number of halogens is 4. The Balaban J connectivity index is 1.55. The van der Waals surface area contributed by atoms with Gasteiger partial charge in [0, 0.05) is 24.5 Å². The highest BCUT2D eigenvalue weighted by Crippen LogP contribution is 2.37. The van der Waals surface area contributed by atoms with Crippen molar-refractivity contribution in [3.05, 3.63) is 71.8 Å². The first-order valence-electron chi connectivity index (χ1n) is 9.40. The third kappa shape index (κ3) is 3.08. The molecule has 0 aliphatic carbocycles. The van der Waals surface area contributed by atoms with Gasteiger partial charge in [0.05, 0.1) is 24.0 Å². The molecule has 1 aliphatic rings. The Labute approximate surface area is 168 Å². The van der Waals surface area contributed by atoms with E-state index in [-0.39, 0.29) is 17.2 Å². The summed E-state index contributed by atoms with van der Waals surface area (Å²) >= 11 is 0. The van der Waals surface area contributed by atoms with Crippen LogP contribution in [0.2, 0.25) is 0 Å². The summed E-state index contributed by atoms with van der Waals surface area (Å²) in [7, 11) is 0. The lowest BCUT2D eigenvalue weighted by Gasteiger charge is -2.26. The number of rotatable bonds is 4. The maximum absolute atomic E-state index is 14.4. The van der Waals surface area contributed by atoms with Crippen LogP contribution in [-0.4, -0.2) is 30.9 Å². The van der Waals surface area contributed by atoms with Gasteiger partial charge in [0.25, 0.3) is 6.43 Å². The minimum Gasteiger partial charge on any atom is -0.349 e. The standard InChI is InChI=1S/C20H16F4N6/c21-13-3-4-15(22)14(8-13)16-2-1-6-28(16)18-5-7-29-20(27-18)17(10-26-29)30-11-12(9-25-30)19(23)24/h3-5,7-11,16,19H,1-2,6H2. The number of fused-ring (bicyclic) bond motifs is 1. The van der Waals surface area contributed by atoms with Gasteiger partial charge in [0.15, 0.2) is 5.65 Å². The van der Waals surface area contributed by atoms with E-state index < -0.39 is 18.1 Å². The van der Waals surface area contributed by atoms with Crippen molar-refractivity contribution in [2.24, 2.45) is 0 Å². The van der Waals surface area contributed by atoms with Crippen LogP contribution in [0, 0.1) is 11.6 Å². The lowest BCUT2D eigenvalue weighted by Crippen LogP contribution is -2.24. The molecule has 154 valence electrons. The molecule has 4 heterocycles. The average molecular weight is 416 g/mol. The number of hydrogen-bond acceptors (Lipinski definition) is 4. The third-order valence-corrected chi connectivity index (χ3v) is 5.30. The molecule has 0 amide bonds. The Hall–Kier alpha value is -3.43. The molecule has 1 aliphatic heterocycles. The number of alkyl halides is 2. The topological polar surface area (TPSA) is 51.2 Å². The molecule has 0 spiro atoms. The summed E-state index contributed by atoms with van der Waals surface area (Å²) in [5.74, 6) is -0.389. The SMILES string of the molecule is Fc1ccc(F)c(C2CCCN2c2ccn3ncc(-n4cc(C(F)F)cn4)c3n2)c1. The van der Waals surface area contributed by atoms with E-state index in [9.17, 15) is 17.6 Å². The fraction of sp³-hybridized carbons (Fsp3) is 0.250. The summed E-state index contributed by atoms with van der Waals surface area (Å²) in [5, 5.41) is 8.18. The van der Waals surface area contributed by atoms with E-state index >= 15 is 0 Å². The molecule has 0 bridgehead atoms. The molecule has 3 aromatic heterocycles. The zero-order valence-corrected chi connectivity index (χ0v) is 15.6. The summed E-state index contributed by atoms with van der Waals surface area (Å²) in [6.07, 6.45) is 4.35. The van der Waals surface area contributed by atoms with Gasteiger partial charge in [-0.2, -0.15) is 10.2 Å². The van der Waals surface area contributed by atoms with Gasteiger partial charge in [-0.3, -0.25) is 0 Å². The first kappa shape index (κ1) is 18.6. The molecule has 1 aromatic carbocycles. The van der Waals surface area contributed by atoms with Crippen molar-refractivity contribution in [3.8, 4) is 5.69 Å². The minimum absolute atomic E-state index is 0.202. The molecular formula is C20H16F4N6. The van der Waals surface area contributed by atoms with Gasteiger partial charge in [0.2, 0.25) is 0 Å². The number of hydrogen-bond donors (Lipinski definition) is 0. The molecule has 30 heavy (non-hydrogen) atoms. The molecule has 1 saturated heterocycles. The van der Waals surface area contributed by atoms with Crippen LogP contribution in [-0.2, 0) is 0 Å². The van der Waals surface area contributed by atoms with E-state index in [1.165, 1.54) is 27.7 Å². The third-order valence-electron chi connectivity index (χ3n) is 5.30. The molecule has 1 fully saturated rings. The molecule has 1 atom stereocenters. The Bertz CT molecular complexity index is 1220. The smallest absolute Gasteiger partial charge is 0.266 e. The van der Waals surface area contributed by atoms with Gasteiger partial charge >= 0.3 is 0 Å². The molecule has 1 unspecified atom stereocenters. The van der Waals surface area contributed by atoms with Crippen molar-refractivity contribution in [3.63, 3.8) is 0 Å². The van der Waals surface area contributed by atoms with Crippen molar-refractivity contribution >= 4 is 11.5 Å². The van der Waals surface area contributed by atoms with Crippen molar-refractivity contribution in [2.45, 2.75) is 25.3 Å². The number of anilines is 1. The van der Waals surface area contributed by atoms with E-state index in [1.54, 1.807) is 12.3 Å². The van der Waals surface area contributed by atoms with Crippen molar-refractivity contribution < 1.29 is 17.6 Å². The van der Waals surface area contributed by atoms with Gasteiger partial charge in [-0.15, -0.1) is 0 Å². The summed E-state index contributed by atoms with van der Waals surface area (Å²) in [6.45, 7) is 0.630. The largest absolute Gasteiger partial charge is 0.349 e. The second-order valence-electron chi connectivity index (χ2n) is 7.12. The van der Waals surface area contributed by atoms with E-state index in [4.69, 9.17) is 0 Å². The van der Waals surface area contributed by atoms with Gasteiger partial charge in [-0.1, -0.05) is 0 Å². The Morgan fingerprint density at radius 1 is 1.07 bits per heavy atom. The second kappa shape index (κ2) is 7.12. The fourth-order valence-electron chi connectivity index (χ4n) is 3.88. The van der Waals surface area contributed by atoms with Crippen LogP contribution in [0.25, 0.3) is 11.3 Å². The summed E-state index contributed by atoms with van der Waals surface area (Å²) in [5.41, 5.74) is 0.946. The lowest BCUT2D eigenvalue weighted by atomic mass is 10.0. The molecular weight excluding hydrogens is 400 g/mol. The van der Waals surface area contributed by atoms with E-state index in [0.717, 1.165) is 24.8 Å². The second-order valence-corrected chi connectivity index (χ2v) is 7.12. The summed E-state index contributed by atoms with van der Waals surface area (Å²) in [6, 6.07) is 4.84. The maximum Gasteiger partial charge on any atom is 0.266 e. The molecule has 4 aromatic rings.